The minimum Gasteiger partial charge on any atom is -0.496 e. The molecule has 3 aromatic rings. The number of carbonyl (C=O) groups excluding carboxylic acids is 1. The molecule has 3 rings (SSSR count). The lowest BCUT2D eigenvalue weighted by Gasteiger charge is -2.11. The monoisotopic (exact) mass is 417 g/mol. The van der Waals surface area contributed by atoms with Crippen molar-refractivity contribution in [1.29, 1.82) is 0 Å². The fourth-order valence-corrected chi connectivity index (χ4v) is 3.07. The summed E-state index contributed by atoms with van der Waals surface area (Å²) in [6.45, 7) is 0.555. The maximum atomic E-state index is 12.5. The van der Waals surface area contributed by atoms with E-state index in [1.165, 1.54) is 30.0 Å². The van der Waals surface area contributed by atoms with Crippen LogP contribution in [0.4, 0.5) is 5.95 Å². The highest BCUT2D eigenvalue weighted by Crippen LogP contribution is 2.21. The van der Waals surface area contributed by atoms with Gasteiger partial charge in [-0.1, -0.05) is 23.3 Å². The van der Waals surface area contributed by atoms with Gasteiger partial charge >= 0.3 is 0 Å². The molecule has 0 aliphatic carbocycles. The molecule has 0 fully saturated rings. The van der Waals surface area contributed by atoms with Crippen molar-refractivity contribution in [2.75, 3.05) is 25.5 Å². The summed E-state index contributed by atoms with van der Waals surface area (Å²) in [6, 6.07) is 13.1. The zero-order valence-corrected chi connectivity index (χ0v) is 16.3. The van der Waals surface area contributed by atoms with Gasteiger partial charge < -0.3 is 15.4 Å². The molecule has 0 radical (unpaired) electrons. The molecule has 0 atom stereocenters. The summed E-state index contributed by atoms with van der Waals surface area (Å²) >= 11 is 0. The van der Waals surface area contributed by atoms with Gasteiger partial charge in [0, 0.05) is 13.1 Å². The van der Waals surface area contributed by atoms with Gasteiger partial charge in [0.05, 0.1) is 23.3 Å². The summed E-state index contributed by atoms with van der Waals surface area (Å²) in [5.74, 6) is 0.145. The normalized spacial score (nSPS) is 11.1. The number of hydrogen-bond acceptors (Lipinski definition) is 8. The zero-order chi connectivity index (χ0) is 20.9. The Balaban J connectivity index is 1.62. The Morgan fingerprint density at radius 2 is 1.93 bits per heavy atom. The van der Waals surface area contributed by atoms with Gasteiger partial charge in [-0.2, -0.15) is 4.68 Å². The Kier molecular flexibility index (Phi) is 6.04. The number of aromatic nitrogens is 4. The first-order chi connectivity index (χ1) is 13.9. The van der Waals surface area contributed by atoms with Crippen LogP contribution in [-0.2, 0) is 10.0 Å². The number of anilines is 1. The minimum atomic E-state index is -3.94. The lowest BCUT2D eigenvalue weighted by molar-refractivity contribution is 0.0952. The van der Waals surface area contributed by atoms with E-state index in [1.807, 2.05) is 30.3 Å². The fraction of sp³-hybridized carbons (Fsp3) is 0.176. The van der Waals surface area contributed by atoms with E-state index in [2.05, 4.69) is 26.2 Å². The van der Waals surface area contributed by atoms with E-state index in [-0.39, 0.29) is 22.8 Å². The van der Waals surface area contributed by atoms with Crippen molar-refractivity contribution in [3.63, 3.8) is 0 Å². The molecule has 1 amide bonds. The van der Waals surface area contributed by atoms with Gasteiger partial charge in [-0.05, 0) is 40.8 Å². The van der Waals surface area contributed by atoms with Crippen LogP contribution in [0.2, 0.25) is 0 Å². The second kappa shape index (κ2) is 8.67. The molecule has 0 bridgehead atoms. The quantitative estimate of drug-likeness (QED) is 0.438. The summed E-state index contributed by atoms with van der Waals surface area (Å²) in [4.78, 5) is 12.3. The first-order valence-electron chi connectivity index (χ1n) is 8.47. The Morgan fingerprint density at radius 3 is 2.62 bits per heavy atom. The van der Waals surface area contributed by atoms with Gasteiger partial charge in [-0.25, -0.2) is 13.6 Å². The fourth-order valence-electron chi connectivity index (χ4n) is 2.53. The van der Waals surface area contributed by atoms with E-state index in [9.17, 15) is 13.2 Å². The molecule has 0 aliphatic heterocycles. The Morgan fingerprint density at radius 1 is 1.17 bits per heavy atom. The van der Waals surface area contributed by atoms with Crippen molar-refractivity contribution >= 4 is 21.9 Å². The first-order valence-corrected chi connectivity index (χ1v) is 10.0. The summed E-state index contributed by atoms with van der Waals surface area (Å²) in [5, 5.41) is 22.3. The smallest absolute Gasteiger partial charge is 0.255 e. The molecular formula is C17H19N7O4S. The minimum absolute atomic E-state index is 0.0631. The van der Waals surface area contributed by atoms with Crippen LogP contribution in [-0.4, -0.2) is 54.7 Å². The third kappa shape index (κ3) is 4.86. The molecule has 4 N–H and O–H groups in total. The molecule has 0 saturated heterocycles. The van der Waals surface area contributed by atoms with Crippen molar-refractivity contribution in [2.24, 2.45) is 5.14 Å². The van der Waals surface area contributed by atoms with E-state index in [4.69, 9.17) is 9.88 Å². The predicted molar refractivity (Wildman–Crippen MR) is 104 cm³/mol. The standard InChI is InChI=1S/C17H19N7O4S/c1-28-15-8-7-13(29(18,26)27)11-14(15)16(25)19-9-10-20-17-21-22-23-24(17)12-5-3-2-4-6-12/h2-8,11H,9-10H2,1H3,(H,19,25)(H2,18,26,27)(H,20,21,23). The molecule has 1 heterocycles. The van der Waals surface area contributed by atoms with Crippen LogP contribution in [0.15, 0.2) is 53.4 Å². The molecule has 29 heavy (non-hydrogen) atoms. The predicted octanol–water partition coefficient (Wildman–Crippen LogP) is 0.160. The number of hydrogen-bond donors (Lipinski definition) is 3. The van der Waals surface area contributed by atoms with E-state index in [0.717, 1.165) is 5.69 Å². The maximum absolute atomic E-state index is 12.5. The molecule has 0 aliphatic rings. The highest BCUT2D eigenvalue weighted by Gasteiger charge is 2.17. The highest BCUT2D eigenvalue weighted by molar-refractivity contribution is 7.89. The summed E-state index contributed by atoms with van der Waals surface area (Å²) in [5.41, 5.74) is 0.849. The van der Waals surface area contributed by atoms with Gasteiger partial charge in [0.1, 0.15) is 5.75 Å². The van der Waals surface area contributed by atoms with Gasteiger partial charge in [-0.3, -0.25) is 4.79 Å². The number of tetrazole rings is 1. The average Bonchev–Trinajstić information content (AvgIpc) is 3.19. The molecule has 12 heteroatoms. The second-order valence-electron chi connectivity index (χ2n) is 5.84. The number of para-hydroxylation sites is 1. The number of ether oxygens (including phenoxy) is 1. The number of primary sulfonamides is 1. The number of rotatable bonds is 8. The SMILES string of the molecule is COc1ccc(S(N)(=O)=O)cc1C(=O)NCCNc1nnnn1-c1ccccc1. The Bertz CT molecular complexity index is 1100. The average molecular weight is 417 g/mol. The van der Waals surface area contributed by atoms with E-state index >= 15 is 0 Å². The molecule has 0 saturated carbocycles. The van der Waals surface area contributed by atoms with Crippen LogP contribution >= 0.6 is 0 Å². The third-order valence-corrected chi connectivity index (χ3v) is 4.82. The molecule has 2 aromatic carbocycles. The van der Waals surface area contributed by atoms with Crippen molar-refractivity contribution in [2.45, 2.75) is 4.90 Å². The van der Waals surface area contributed by atoms with Gasteiger partial charge in [0.15, 0.2) is 0 Å². The first kappa shape index (κ1) is 20.2. The van der Waals surface area contributed by atoms with E-state index in [0.29, 0.717) is 12.5 Å². The Hall–Kier alpha value is -3.51. The van der Waals surface area contributed by atoms with Gasteiger partial charge in [0.25, 0.3) is 5.91 Å². The summed E-state index contributed by atoms with van der Waals surface area (Å²) < 4.78 is 29.7. The third-order valence-electron chi connectivity index (χ3n) is 3.91. The molecule has 11 nitrogen and oxygen atoms in total. The lowest BCUT2D eigenvalue weighted by Crippen LogP contribution is -2.29. The number of nitrogens with zero attached hydrogens (tertiary/aromatic N) is 4. The number of nitrogens with one attached hydrogen (secondary N) is 2. The van der Waals surface area contributed by atoms with Crippen LogP contribution in [0.5, 0.6) is 5.75 Å². The lowest BCUT2D eigenvalue weighted by atomic mass is 10.2. The maximum Gasteiger partial charge on any atom is 0.255 e. The number of carbonyl (C=O) groups is 1. The van der Waals surface area contributed by atoms with Crippen molar-refractivity contribution < 1.29 is 17.9 Å². The van der Waals surface area contributed by atoms with Crippen LogP contribution < -0.4 is 20.5 Å². The van der Waals surface area contributed by atoms with Crippen molar-refractivity contribution in [3.8, 4) is 11.4 Å². The molecule has 0 unspecified atom stereocenters. The van der Waals surface area contributed by atoms with Gasteiger partial charge in [-0.15, -0.1) is 0 Å². The van der Waals surface area contributed by atoms with Crippen LogP contribution in [0.25, 0.3) is 5.69 Å². The largest absolute Gasteiger partial charge is 0.496 e. The second-order valence-corrected chi connectivity index (χ2v) is 7.40. The van der Waals surface area contributed by atoms with E-state index in [1.54, 1.807) is 0 Å². The topological polar surface area (TPSA) is 154 Å². The van der Waals surface area contributed by atoms with Crippen LogP contribution in [0.1, 0.15) is 10.4 Å². The van der Waals surface area contributed by atoms with Crippen LogP contribution in [0, 0.1) is 0 Å². The summed E-state index contributed by atoms with van der Waals surface area (Å²) in [6.07, 6.45) is 0. The molecule has 152 valence electrons. The number of benzene rings is 2. The van der Waals surface area contributed by atoms with Gasteiger partial charge in [0.2, 0.25) is 16.0 Å². The molecular weight excluding hydrogens is 398 g/mol. The number of sulfonamides is 1. The highest BCUT2D eigenvalue weighted by atomic mass is 32.2. The zero-order valence-electron chi connectivity index (χ0n) is 15.4. The molecule has 0 spiro atoms. The van der Waals surface area contributed by atoms with E-state index < -0.39 is 15.9 Å². The van der Waals surface area contributed by atoms with Crippen molar-refractivity contribution in [3.05, 3.63) is 54.1 Å². The summed E-state index contributed by atoms with van der Waals surface area (Å²) in [7, 11) is -2.56. The number of methoxy groups -OCH3 is 1. The Labute approximate surface area is 166 Å². The number of amides is 1. The molecule has 1 aromatic heterocycles. The number of nitrogens with two attached hydrogens (primary N) is 1. The van der Waals surface area contributed by atoms with Crippen LogP contribution in [0.3, 0.4) is 0 Å². The van der Waals surface area contributed by atoms with Crippen molar-refractivity contribution in [1.82, 2.24) is 25.5 Å².